The Bertz CT molecular complexity index is 431. The predicted octanol–water partition coefficient (Wildman–Crippen LogP) is 2.27. The number of hydrogen-bond donors (Lipinski definition) is 1. The minimum Gasteiger partial charge on any atom is -0.467 e. The van der Waals surface area contributed by atoms with E-state index in [0.29, 0.717) is 5.92 Å². The molecule has 4 nitrogen and oxygen atoms in total. The highest BCUT2D eigenvalue weighted by atomic mass is 16.3. The van der Waals surface area contributed by atoms with Gasteiger partial charge in [-0.2, -0.15) is 0 Å². The van der Waals surface area contributed by atoms with Gasteiger partial charge in [-0.3, -0.25) is 0 Å². The molecule has 0 radical (unpaired) electrons. The van der Waals surface area contributed by atoms with Gasteiger partial charge < -0.3 is 14.3 Å². The summed E-state index contributed by atoms with van der Waals surface area (Å²) >= 11 is 0. The molecule has 0 aliphatic heterocycles. The van der Waals surface area contributed by atoms with Crippen LogP contribution >= 0.6 is 0 Å². The van der Waals surface area contributed by atoms with Crippen molar-refractivity contribution in [2.45, 2.75) is 26.9 Å². The molecule has 2 aromatic rings. The van der Waals surface area contributed by atoms with E-state index in [9.17, 15) is 0 Å². The highest BCUT2D eigenvalue weighted by molar-refractivity contribution is 5.17. The van der Waals surface area contributed by atoms with Gasteiger partial charge in [0, 0.05) is 24.5 Å². The molecule has 0 fully saturated rings. The van der Waals surface area contributed by atoms with E-state index < -0.39 is 0 Å². The fraction of sp³-hybridized carbons (Fsp3) is 0.462. The van der Waals surface area contributed by atoms with Gasteiger partial charge in [0.05, 0.1) is 19.1 Å². The second kappa shape index (κ2) is 5.68. The first-order valence-corrected chi connectivity index (χ1v) is 5.97. The minimum absolute atomic E-state index is 0.666. The Kier molecular flexibility index (Phi) is 3.98. The molecular weight excluding hydrogens is 214 g/mol. The average molecular weight is 233 g/mol. The summed E-state index contributed by atoms with van der Waals surface area (Å²) < 4.78 is 7.51. The van der Waals surface area contributed by atoms with Crippen LogP contribution in [0.25, 0.3) is 0 Å². The van der Waals surface area contributed by atoms with Crippen LogP contribution in [-0.2, 0) is 13.1 Å². The Balaban J connectivity index is 1.92. The van der Waals surface area contributed by atoms with Crippen LogP contribution in [0.3, 0.4) is 0 Å². The number of aromatic nitrogens is 2. The lowest BCUT2D eigenvalue weighted by Crippen LogP contribution is -2.19. The van der Waals surface area contributed by atoms with E-state index in [0.717, 1.165) is 25.4 Å². The van der Waals surface area contributed by atoms with Crippen molar-refractivity contribution < 1.29 is 4.42 Å². The Morgan fingerprint density at radius 2 is 2.35 bits per heavy atom. The van der Waals surface area contributed by atoms with Crippen molar-refractivity contribution in [2.24, 2.45) is 5.92 Å². The molecule has 17 heavy (non-hydrogen) atoms. The van der Waals surface area contributed by atoms with Crippen LogP contribution in [0.2, 0.25) is 0 Å². The van der Waals surface area contributed by atoms with Crippen molar-refractivity contribution in [2.75, 3.05) is 6.54 Å². The van der Waals surface area contributed by atoms with Gasteiger partial charge in [0.2, 0.25) is 0 Å². The largest absolute Gasteiger partial charge is 0.467 e. The van der Waals surface area contributed by atoms with Crippen LogP contribution in [0.4, 0.5) is 0 Å². The maximum absolute atomic E-state index is 5.51. The van der Waals surface area contributed by atoms with E-state index in [1.165, 1.54) is 5.56 Å². The summed E-state index contributed by atoms with van der Waals surface area (Å²) in [4.78, 5) is 4.02. The zero-order chi connectivity index (χ0) is 12.1. The van der Waals surface area contributed by atoms with Gasteiger partial charge in [0.1, 0.15) is 5.76 Å². The third kappa shape index (κ3) is 3.46. The predicted molar refractivity (Wildman–Crippen MR) is 66.6 cm³/mol. The van der Waals surface area contributed by atoms with Crippen molar-refractivity contribution in [3.05, 3.63) is 42.4 Å². The first kappa shape index (κ1) is 11.9. The zero-order valence-electron chi connectivity index (χ0n) is 10.4. The van der Waals surface area contributed by atoms with Gasteiger partial charge in [0.25, 0.3) is 0 Å². The standard InChI is InChI=1S/C13H19N3O/c1-11(2)7-15-8-12-3-6-17-13(12)9-16-5-4-14-10-16/h3-6,10-11,15H,7-9H2,1-2H3. The molecule has 2 aromatic heterocycles. The lowest BCUT2D eigenvalue weighted by molar-refractivity contribution is 0.482. The van der Waals surface area contributed by atoms with Gasteiger partial charge in [-0.05, 0) is 18.5 Å². The van der Waals surface area contributed by atoms with Gasteiger partial charge in [-0.25, -0.2) is 4.98 Å². The summed E-state index contributed by atoms with van der Waals surface area (Å²) in [6.07, 6.45) is 7.26. The van der Waals surface area contributed by atoms with E-state index in [-0.39, 0.29) is 0 Å². The van der Waals surface area contributed by atoms with E-state index in [1.54, 1.807) is 18.8 Å². The van der Waals surface area contributed by atoms with Crippen molar-refractivity contribution >= 4 is 0 Å². The lowest BCUT2D eigenvalue weighted by atomic mass is 10.2. The van der Waals surface area contributed by atoms with Gasteiger partial charge in [0.15, 0.2) is 0 Å². The number of nitrogens with zero attached hydrogens (tertiary/aromatic N) is 2. The lowest BCUT2D eigenvalue weighted by Gasteiger charge is -2.07. The van der Waals surface area contributed by atoms with Crippen LogP contribution in [-0.4, -0.2) is 16.1 Å². The monoisotopic (exact) mass is 233 g/mol. The Labute approximate surface area is 102 Å². The molecule has 0 spiro atoms. The fourth-order valence-corrected chi connectivity index (χ4v) is 1.70. The number of furan rings is 1. The molecule has 92 valence electrons. The van der Waals surface area contributed by atoms with Crippen LogP contribution in [0.15, 0.2) is 35.5 Å². The number of hydrogen-bond acceptors (Lipinski definition) is 3. The Morgan fingerprint density at radius 3 is 3.06 bits per heavy atom. The molecule has 4 heteroatoms. The number of nitrogens with one attached hydrogen (secondary N) is 1. The summed E-state index contributed by atoms with van der Waals surface area (Å²) in [7, 11) is 0. The molecule has 0 atom stereocenters. The third-order valence-electron chi connectivity index (χ3n) is 2.59. The minimum atomic E-state index is 0.666. The molecule has 0 aromatic carbocycles. The van der Waals surface area contributed by atoms with Crippen LogP contribution < -0.4 is 5.32 Å². The van der Waals surface area contributed by atoms with Gasteiger partial charge >= 0.3 is 0 Å². The molecule has 1 N–H and O–H groups in total. The third-order valence-corrected chi connectivity index (χ3v) is 2.59. The first-order valence-electron chi connectivity index (χ1n) is 5.97. The summed E-state index contributed by atoms with van der Waals surface area (Å²) in [6, 6.07) is 2.03. The molecule has 0 unspecified atom stereocenters. The zero-order valence-corrected chi connectivity index (χ0v) is 10.4. The quantitative estimate of drug-likeness (QED) is 0.832. The molecule has 0 aliphatic rings. The molecule has 2 heterocycles. The van der Waals surface area contributed by atoms with Crippen molar-refractivity contribution in [1.29, 1.82) is 0 Å². The summed E-state index contributed by atoms with van der Waals surface area (Å²) in [6.45, 7) is 7.03. The van der Waals surface area contributed by atoms with E-state index >= 15 is 0 Å². The fourth-order valence-electron chi connectivity index (χ4n) is 1.70. The van der Waals surface area contributed by atoms with Crippen LogP contribution in [0, 0.1) is 5.92 Å². The summed E-state index contributed by atoms with van der Waals surface area (Å²) in [5.74, 6) is 1.67. The highest BCUT2D eigenvalue weighted by Crippen LogP contribution is 2.12. The summed E-state index contributed by atoms with van der Waals surface area (Å²) in [5, 5.41) is 3.42. The SMILES string of the molecule is CC(C)CNCc1ccoc1Cn1ccnc1. The second-order valence-corrected chi connectivity index (χ2v) is 4.63. The van der Waals surface area contributed by atoms with Crippen LogP contribution in [0.1, 0.15) is 25.2 Å². The van der Waals surface area contributed by atoms with E-state index in [4.69, 9.17) is 4.42 Å². The van der Waals surface area contributed by atoms with E-state index in [1.807, 2.05) is 16.8 Å². The maximum Gasteiger partial charge on any atom is 0.127 e. The van der Waals surface area contributed by atoms with Crippen molar-refractivity contribution in [1.82, 2.24) is 14.9 Å². The molecular formula is C13H19N3O. The maximum atomic E-state index is 5.51. The summed E-state index contributed by atoms with van der Waals surface area (Å²) in [5.41, 5.74) is 1.22. The molecule has 2 rings (SSSR count). The molecule has 0 saturated heterocycles. The number of rotatable bonds is 6. The highest BCUT2D eigenvalue weighted by Gasteiger charge is 2.06. The first-order chi connectivity index (χ1) is 8.25. The second-order valence-electron chi connectivity index (χ2n) is 4.63. The Morgan fingerprint density at radius 1 is 1.47 bits per heavy atom. The molecule has 0 bridgehead atoms. The normalized spacial score (nSPS) is 11.2. The molecule has 0 saturated carbocycles. The topological polar surface area (TPSA) is 43.0 Å². The van der Waals surface area contributed by atoms with Crippen molar-refractivity contribution in [3.63, 3.8) is 0 Å². The van der Waals surface area contributed by atoms with Gasteiger partial charge in [-0.1, -0.05) is 13.8 Å². The van der Waals surface area contributed by atoms with Crippen molar-refractivity contribution in [3.8, 4) is 0 Å². The van der Waals surface area contributed by atoms with E-state index in [2.05, 4.69) is 24.1 Å². The Hall–Kier alpha value is -1.55. The van der Waals surface area contributed by atoms with Crippen LogP contribution in [0.5, 0.6) is 0 Å². The number of imidazole rings is 1. The van der Waals surface area contributed by atoms with Gasteiger partial charge in [-0.15, -0.1) is 0 Å². The smallest absolute Gasteiger partial charge is 0.127 e. The molecule has 0 aliphatic carbocycles. The molecule has 0 amide bonds. The average Bonchev–Trinajstić information content (AvgIpc) is 2.91.